The second kappa shape index (κ2) is 8.73. The van der Waals surface area contributed by atoms with Gasteiger partial charge in [-0.1, -0.05) is 12.1 Å². The van der Waals surface area contributed by atoms with Gasteiger partial charge in [-0.3, -0.25) is 4.79 Å². The Kier molecular flexibility index (Phi) is 6.79. The van der Waals surface area contributed by atoms with Crippen molar-refractivity contribution in [1.82, 2.24) is 4.72 Å². The highest BCUT2D eigenvalue weighted by Crippen LogP contribution is 2.31. The van der Waals surface area contributed by atoms with E-state index in [0.29, 0.717) is 33.5 Å². The second-order valence-electron chi connectivity index (χ2n) is 7.21. The van der Waals surface area contributed by atoms with Crippen molar-refractivity contribution in [3.63, 3.8) is 0 Å². The Morgan fingerprint density at radius 1 is 1.07 bits per heavy atom. The molecule has 8 heteroatoms. The van der Waals surface area contributed by atoms with Gasteiger partial charge in [-0.25, -0.2) is 21.9 Å². The smallest absolute Gasteiger partial charge is 0.293 e. The lowest BCUT2D eigenvalue weighted by Crippen LogP contribution is -2.29. The third-order valence-electron chi connectivity index (χ3n) is 4.10. The van der Waals surface area contributed by atoms with E-state index >= 15 is 0 Å². The maximum Gasteiger partial charge on any atom is 0.293 e. The van der Waals surface area contributed by atoms with Crippen molar-refractivity contribution in [1.29, 1.82) is 0 Å². The van der Waals surface area contributed by atoms with Gasteiger partial charge in [-0.15, -0.1) is 0 Å². The third-order valence-corrected chi connectivity index (χ3v) is 4.66. The molecule has 0 aliphatic heterocycles. The summed E-state index contributed by atoms with van der Waals surface area (Å²) < 4.78 is 52.4. The van der Waals surface area contributed by atoms with Gasteiger partial charge in [0.2, 0.25) is 10.0 Å². The van der Waals surface area contributed by atoms with E-state index in [-0.39, 0.29) is 11.9 Å². The predicted octanol–water partition coefficient (Wildman–Crippen LogP) is 4.32. The average Bonchev–Trinajstić information content (AvgIpc) is 2.56. The molecule has 1 amide bonds. The third kappa shape index (κ3) is 6.12. The number of carbonyl (C=O) groups is 1. The van der Waals surface area contributed by atoms with Gasteiger partial charge in [0.05, 0.1) is 6.26 Å². The Bertz CT molecular complexity index is 1080. The van der Waals surface area contributed by atoms with Gasteiger partial charge in [-0.05, 0) is 74.2 Å². The van der Waals surface area contributed by atoms with E-state index in [4.69, 9.17) is 0 Å². The maximum atomic E-state index is 14.7. The molecule has 0 atom stereocenters. The summed E-state index contributed by atoms with van der Waals surface area (Å²) in [7, 11) is -3.86. The number of hydrogen-bond acceptors (Lipinski definition) is 4. The van der Waals surface area contributed by atoms with Gasteiger partial charge in [-0.2, -0.15) is 0 Å². The van der Waals surface area contributed by atoms with Crippen molar-refractivity contribution in [3.8, 4) is 11.1 Å². The lowest BCUT2D eigenvalue weighted by Gasteiger charge is -2.14. The summed E-state index contributed by atoms with van der Waals surface area (Å²) in [5.41, 5.74) is 3.42. The fraction of sp³-hybridized carbons (Fsp3) is 0.286. The highest BCUT2D eigenvalue weighted by Gasteiger charge is 2.16. The largest absolute Gasteiger partial charge is 0.383 e. The summed E-state index contributed by atoms with van der Waals surface area (Å²) in [5.74, 6) is -2.96. The molecule has 0 aliphatic rings. The molecule has 0 aliphatic carbocycles. The monoisotopic (exact) mass is 422 g/mol. The SMILES string of the molecule is Cc1cc(-c2ccc(NC(C)C)cc2F)c(C)cc1/C=C(/F)C(=O)NS(C)(=O)=O. The van der Waals surface area contributed by atoms with Gasteiger partial charge in [0.1, 0.15) is 5.82 Å². The number of aryl methyl sites for hydroxylation is 2. The normalized spacial score (nSPS) is 12.2. The van der Waals surface area contributed by atoms with Crippen molar-refractivity contribution >= 4 is 27.7 Å². The predicted molar refractivity (Wildman–Crippen MR) is 112 cm³/mol. The molecule has 0 saturated heterocycles. The quantitative estimate of drug-likeness (QED) is 0.680. The molecular formula is C21H24F2N2O3S. The van der Waals surface area contributed by atoms with E-state index in [1.54, 1.807) is 42.8 Å². The number of hydrogen-bond donors (Lipinski definition) is 2. The van der Waals surface area contributed by atoms with Crippen LogP contribution >= 0.6 is 0 Å². The summed E-state index contributed by atoms with van der Waals surface area (Å²) in [4.78, 5) is 11.6. The average molecular weight is 422 g/mol. The topological polar surface area (TPSA) is 75.3 Å². The molecule has 2 rings (SSSR count). The standard InChI is InChI=1S/C21H24F2N2O3S/c1-12(2)24-16-6-7-17(19(22)11-16)18-9-13(3)15(8-14(18)4)10-20(23)21(26)25-29(5,27)28/h6-12,24H,1-5H3,(H,25,26)/b20-10+. The number of sulfonamides is 1. The molecule has 0 aromatic heterocycles. The molecule has 156 valence electrons. The first-order valence-electron chi connectivity index (χ1n) is 8.94. The zero-order chi connectivity index (χ0) is 21.9. The molecule has 0 fully saturated rings. The van der Waals surface area contributed by atoms with E-state index < -0.39 is 21.8 Å². The van der Waals surface area contributed by atoms with Crippen molar-refractivity contribution in [2.75, 3.05) is 11.6 Å². The number of nitrogens with one attached hydrogen (secondary N) is 2. The number of benzene rings is 2. The van der Waals surface area contributed by atoms with Crippen LogP contribution in [0.3, 0.4) is 0 Å². The Hall–Kier alpha value is -2.74. The first kappa shape index (κ1) is 22.5. The van der Waals surface area contributed by atoms with Crippen LogP contribution in [0.5, 0.6) is 0 Å². The summed E-state index contributed by atoms with van der Waals surface area (Å²) in [6.45, 7) is 7.37. The van der Waals surface area contributed by atoms with Crippen LogP contribution in [-0.2, 0) is 14.8 Å². The molecule has 0 spiro atoms. The Labute approximate surface area is 169 Å². The zero-order valence-electron chi connectivity index (χ0n) is 16.9. The van der Waals surface area contributed by atoms with Crippen LogP contribution in [0.15, 0.2) is 36.2 Å². The number of anilines is 1. The van der Waals surface area contributed by atoms with E-state index in [1.807, 2.05) is 13.8 Å². The van der Waals surface area contributed by atoms with Gasteiger partial charge < -0.3 is 5.32 Å². The molecule has 0 unspecified atom stereocenters. The number of halogens is 2. The minimum absolute atomic E-state index is 0.171. The van der Waals surface area contributed by atoms with Crippen molar-refractivity contribution in [2.24, 2.45) is 0 Å². The van der Waals surface area contributed by atoms with Gasteiger partial charge in [0.15, 0.2) is 5.83 Å². The van der Waals surface area contributed by atoms with Gasteiger partial charge in [0, 0.05) is 17.3 Å². The number of amides is 1. The second-order valence-corrected chi connectivity index (χ2v) is 8.96. The highest BCUT2D eigenvalue weighted by atomic mass is 32.2. The zero-order valence-corrected chi connectivity index (χ0v) is 17.7. The summed E-state index contributed by atoms with van der Waals surface area (Å²) >= 11 is 0. The fourth-order valence-electron chi connectivity index (χ4n) is 2.86. The van der Waals surface area contributed by atoms with E-state index in [2.05, 4.69) is 5.32 Å². The maximum absolute atomic E-state index is 14.7. The van der Waals surface area contributed by atoms with E-state index in [1.165, 1.54) is 6.07 Å². The Morgan fingerprint density at radius 3 is 2.28 bits per heavy atom. The van der Waals surface area contributed by atoms with Crippen LogP contribution < -0.4 is 10.0 Å². The van der Waals surface area contributed by atoms with Crippen LogP contribution in [0.4, 0.5) is 14.5 Å². The van der Waals surface area contributed by atoms with Crippen LogP contribution in [0, 0.1) is 19.7 Å². The van der Waals surface area contributed by atoms with Gasteiger partial charge >= 0.3 is 0 Å². The summed E-state index contributed by atoms with van der Waals surface area (Å²) in [5, 5.41) is 3.14. The van der Waals surface area contributed by atoms with Crippen molar-refractivity contribution in [2.45, 2.75) is 33.7 Å². The molecule has 5 nitrogen and oxygen atoms in total. The van der Waals surface area contributed by atoms with Gasteiger partial charge in [0.25, 0.3) is 5.91 Å². The minimum Gasteiger partial charge on any atom is -0.383 e. The number of rotatable bonds is 6. The number of carbonyl (C=O) groups excluding carboxylic acids is 1. The molecule has 2 aromatic carbocycles. The first-order chi connectivity index (χ1) is 13.4. The van der Waals surface area contributed by atoms with Crippen LogP contribution in [0.25, 0.3) is 17.2 Å². The first-order valence-corrected chi connectivity index (χ1v) is 10.8. The van der Waals surface area contributed by atoms with Crippen LogP contribution in [0.2, 0.25) is 0 Å². The molecule has 29 heavy (non-hydrogen) atoms. The molecular weight excluding hydrogens is 398 g/mol. The van der Waals surface area contributed by atoms with Crippen molar-refractivity contribution in [3.05, 3.63) is 58.7 Å². The molecule has 0 bridgehead atoms. The molecule has 2 N–H and O–H groups in total. The Morgan fingerprint density at radius 2 is 1.72 bits per heavy atom. The lowest BCUT2D eigenvalue weighted by atomic mass is 9.94. The van der Waals surface area contributed by atoms with E-state index in [9.17, 15) is 22.0 Å². The Balaban J connectivity index is 2.39. The van der Waals surface area contributed by atoms with Crippen molar-refractivity contribution < 1.29 is 22.0 Å². The molecule has 2 aromatic rings. The molecule has 0 radical (unpaired) electrons. The summed E-state index contributed by atoms with van der Waals surface area (Å²) in [6.07, 6.45) is 1.72. The minimum atomic E-state index is -3.86. The molecule has 0 saturated carbocycles. The van der Waals surface area contributed by atoms with Crippen LogP contribution in [0.1, 0.15) is 30.5 Å². The fourth-order valence-corrected chi connectivity index (χ4v) is 3.29. The summed E-state index contributed by atoms with van der Waals surface area (Å²) in [6, 6.07) is 8.39. The molecule has 0 heterocycles. The van der Waals surface area contributed by atoms with Crippen LogP contribution in [-0.4, -0.2) is 26.6 Å². The lowest BCUT2D eigenvalue weighted by molar-refractivity contribution is -0.117. The van der Waals surface area contributed by atoms with E-state index in [0.717, 1.165) is 12.3 Å². The highest BCUT2D eigenvalue weighted by molar-refractivity contribution is 7.89.